The van der Waals surface area contributed by atoms with Crippen LogP contribution in [-0.2, 0) is 13.0 Å². The highest BCUT2D eigenvalue weighted by Gasteiger charge is 2.20. The van der Waals surface area contributed by atoms with Gasteiger partial charge in [-0.1, -0.05) is 51.0 Å². The quantitative estimate of drug-likeness (QED) is 0.339. The van der Waals surface area contributed by atoms with E-state index < -0.39 is 0 Å². The highest BCUT2D eigenvalue weighted by molar-refractivity contribution is 5.79. The van der Waals surface area contributed by atoms with Gasteiger partial charge in [0.25, 0.3) is 0 Å². The van der Waals surface area contributed by atoms with Gasteiger partial charge in [-0.25, -0.2) is 9.89 Å². The summed E-state index contributed by atoms with van der Waals surface area (Å²) in [6, 6.07) is 10.4. The van der Waals surface area contributed by atoms with Gasteiger partial charge in [-0.3, -0.25) is 14.1 Å². The lowest BCUT2D eigenvalue weighted by molar-refractivity contribution is 0.496. The third-order valence-corrected chi connectivity index (χ3v) is 6.62. The van der Waals surface area contributed by atoms with Crippen LogP contribution in [0.3, 0.4) is 0 Å². The molecule has 0 radical (unpaired) electrons. The minimum absolute atomic E-state index is 0.0924. The largest absolute Gasteiger partial charge is 0.329 e. The number of nitrogens with one attached hydrogen (secondary N) is 1. The Kier molecular flexibility index (Phi) is 7.35. The van der Waals surface area contributed by atoms with Gasteiger partial charge in [-0.2, -0.15) is 0 Å². The Morgan fingerprint density at radius 2 is 1.85 bits per heavy atom. The first-order valence-corrected chi connectivity index (χ1v) is 12.1. The average Bonchev–Trinajstić information content (AvgIpc) is 3.47. The zero-order chi connectivity index (χ0) is 24.1. The van der Waals surface area contributed by atoms with Gasteiger partial charge in [-0.05, 0) is 60.7 Å². The Morgan fingerprint density at radius 1 is 1.06 bits per heavy atom. The summed E-state index contributed by atoms with van der Waals surface area (Å²) < 4.78 is 3.95. The number of benzene rings is 1. The average molecular weight is 460 g/mol. The van der Waals surface area contributed by atoms with Crippen molar-refractivity contribution in [2.45, 2.75) is 72.4 Å². The first-order valence-electron chi connectivity index (χ1n) is 12.1. The lowest BCUT2D eigenvalue weighted by Gasteiger charge is -2.11. The summed E-state index contributed by atoms with van der Waals surface area (Å²) in [7, 11) is 0. The summed E-state index contributed by atoms with van der Waals surface area (Å²) in [6.07, 6.45) is 8.84. The molecule has 4 aromatic rings. The second-order valence-corrected chi connectivity index (χ2v) is 8.85. The van der Waals surface area contributed by atoms with E-state index in [9.17, 15) is 4.79 Å². The van der Waals surface area contributed by atoms with E-state index in [0.29, 0.717) is 12.4 Å². The zero-order valence-electron chi connectivity index (χ0n) is 20.5. The Hall–Kier alpha value is -3.55. The number of rotatable bonds is 10. The fourth-order valence-electron chi connectivity index (χ4n) is 4.52. The van der Waals surface area contributed by atoms with E-state index in [1.807, 2.05) is 21.4 Å². The third kappa shape index (κ3) is 4.71. The molecule has 8 heteroatoms. The summed E-state index contributed by atoms with van der Waals surface area (Å²) in [4.78, 5) is 17.7. The van der Waals surface area contributed by atoms with Crippen molar-refractivity contribution in [3.63, 3.8) is 0 Å². The second kappa shape index (κ2) is 10.6. The summed E-state index contributed by atoms with van der Waals surface area (Å²) in [5.41, 5.74) is 6.31. The maximum Gasteiger partial charge on any atom is 0.329 e. The van der Waals surface area contributed by atoms with Crippen LogP contribution < -0.4 is 5.69 Å². The lowest BCUT2D eigenvalue weighted by Crippen LogP contribution is -2.27. The van der Waals surface area contributed by atoms with E-state index >= 15 is 0 Å². The van der Waals surface area contributed by atoms with Crippen LogP contribution >= 0.6 is 0 Å². The number of pyridine rings is 1. The fourth-order valence-corrected chi connectivity index (χ4v) is 4.52. The van der Waals surface area contributed by atoms with Gasteiger partial charge in [0.15, 0.2) is 5.82 Å². The molecule has 0 aliphatic rings. The molecule has 0 fully saturated rings. The molecule has 0 aliphatic carbocycles. The van der Waals surface area contributed by atoms with Crippen LogP contribution in [0.5, 0.6) is 0 Å². The Labute approximate surface area is 200 Å². The molecule has 0 spiro atoms. The normalized spacial score (nSPS) is 12.2. The minimum Gasteiger partial charge on any atom is -0.294 e. The van der Waals surface area contributed by atoms with Crippen LogP contribution in [0.1, 0.15) is 69.4 Å². The number of tetrazole rings is 1. The first-order chi connectivity index (χ1) is 16.5. The highest BCUT2D eigenvalue weighted by atomic mass is 16.1. The number of unbranched alkanes of at least 4 members (excludes halogenated alkanes) is 2. The summed E-state index contributed by atoms with van der Waals surface area (Å²) in [5, 5.41) is 14.2. The van der Waals surface area contributed by atoms with Gasteiger partial charge in [0, 0.05) is 41.0 Å². The molecule has 0 saturated heterocycles. The maximum absolute atomic E-state index is 13.4. The van der Waals surface area contributed by atoms with Gasteiger partial charge in [0.1, 0.15) is 0 Å². The van der Waals surface area contributed by atoms with Crippen LogP contribution in [0.25, 0.3) is 22.5 Å². The molecule has 1 N–H and O–H groups in total. The van der Waals surface area contributed by atoms with Gasteiger partial charge < -0.3 is 0 Å². The fraction of sp³-hybridized carbons (Fsp3) is 0.423. The van der Waals surface area contributed by atoms with Crippen molar-refractivity contribution in [3.8, 4) is 22.5 Å². The monoisotopic (exact) mass is 459 g/mol. The van der Waals surface area contributed by atoms with Gasteiger partial charge in [0.2, 0.25) is 0 Å². The Morgan fingerprint density at radius 3 is 2.53 bits per heavy atom. The minimum atomic E-state index is 0.0924. The number of H-pyrrole nitrogens is 1. The third-order valence-electron chi connectivity index (χ3n) is 6.62. The molecule has 0 aliphatic heterocycles. The predicted molar refractivity (Wildman–Crippen MR) is 134 cm³/mol. The molecule has 1 unspecified atom stereocenters. The number of hydrogen-bond donors (Lipinski definition) is 1. The molecule has 8 nitrogen and oxygen atoms in total. The summed E-state index contributed by atoms with van der Waals surface area (Å²) >= 11 is 0. The molecule has 34 heavy (non-hydrogen) atoms. The van der Waals surface area contributed by atoms with Gasteiger partial charge in [-0.15, -0.1) is 5.10 Å². The number of imidazole rings is 1. The van der Waals surface area contributed by atoms with E-state index in [-0.39, 0.29) is 11.7 Å². The second-order valence-electron chi connectivity index (χ2n) is 8.85. The van der Waals surface area contributed by atoms with Crippen LogP contribution in [-0.4, -0.2) is 34.7 Å². The molecule has 1 atom stereocenters. The van der Waals surface area contributed by atoms with Crippen molar-refractivity contribution < 1.29 is 0 Å². The highest BCUT2D eigenvalue weighted by Crippen LogP contribution is 2.29. The van der Waals surface area contributed by atoms with Crippen molar-refractivity contribution in [1.82, 2.24) is 34.7 Å². The first kappa shape index (κ1) is 23.6. The van der Waals surface area contributed by atoms with E-state index in [1.54, 1.807) is 6.20 Å². The molecule has 3 aromatic heterocycles. The summed E-state index contributed by atoms with van der Waals surface area (Å²) in [5.74, 6) is 0.603. The summed E-state index contributed by atoms with van der Waals surface area (Å²) in [6.45, 7) is 9.12. The Balaban J connectivity index is 1.65. The predicted octanol–water partition coefficient (Wildman–Crippen LogP) is 4.95. The van der Waals surface area contributed by atoms with Gasteiger partial charge in [0.05, 0.1) is 6.54 Å². The van der Waals surface area contributed by atoms with Crippen LogP contribution in [0, 0.1) is 6.92 Å². The van der Waals surface area contributed by atoms with E-state index in [2.05, 4.69) is 77.6 Å². The zero-order valence-corrected chi connectivity index (χ0v) is 20.5. The molecule has 1 aromatic carbocycles. The number of aromatic nitrogens is 7. The van der Waals surface area contributed by atoms with E-state index in [0.717, 1.165) is 59.3 Å². The van der Waals surface area contributed by atoms with Crippen LogP contribution in [0.4, 0.5) is 0 Å². The molecule has 4 rings (SSSR count). The maximum atomic E-state index is 13.4. The van der Waals surface area contributed by atoms with Crippen LogP contribution in [0.15, 0.2) is 47.5 Å². The molecule has 0 amide bonds. The molecular formula is C26H33N7O. The van der Waals surface area contributed by atoms with Crippen molar-refractivity contribution in [2.24, 2.45) is 0 Å². The molecule has 0 bridgehead atoms. The number of hydrogen-bond acceptors (Lipinski definition) is 5. The van der Waals surface area contributed by atoms with Crippen molar-refractivity contribution in [2.75, 3.05) is 0 Å². The topological polar surface area (TPSA) is 94.3 Å². The van der Waals surface area contributed by atoms with Crippen molar-refractivity contribution in [1.29, 1.82) is 0 Å². The van der Waals surface area contributed by atoms with E-state index in [4.69, 9.17) is 0 Å². The van der Waals surface area contributed by atoms with Crippen molar-refractivity contribution in [3.05, 3.63) is 70.2 Å². The SMILES string of the molecule is CCCCCc1c(C)n(C(C)CC)c(=O)n1Cc1ccc(-c2cnccc2-c2nnn[nH]2)cc1. The lowest BCUT2D eigenvalue weighted by atomic mass is 10.0. The standard InChI is InChI=1S/C26H33N7O/c1-5-7-8-9-24-19(4)33(18(3)6-2)26(34)32(24)17-20-10-12-21(13-11-20)23-16-27-15-14-22(23)25-28-30-31-29-25/h10-16,18H,5-9,17H2,1-4H3,(H,28,29,30,31). The van der Waals surface area contributed by atoms with E-state index in [1.165, 1.54) is 6.42 Å². The Bertz CT molecular complexity index is 1270. The molecule has 0 saturated carbocycles. The molecular weight excluding hydrogens is 426 g/mol. The molecule has 178 valence electrons. The van der Waals surface area contributed by atoms with Crippen molar-refractivity contribution >= 4 is 0 Å². The number of aromatic amines is 1. The van der Waals surface area contributed by atoms with Crippen LogP contribution in [0.2, 0.25) is 0 Å². The smallest absolute Gasteiger partial charge is 0.294 e. The number of nitrogens with zero attached hydrogens (tertiary/aromatic N) is 6. The molecule has 3 heterocycles. The van der Waals surface area contributed by atoms with Gasteiger partial charge >= 0.3 is 5.69 Å².